The van der Waals surface area contributed by atoms with Crippen molar-refractivity contribution in [2.75, 3.05) is 37.0 Å². The summed E-state index contributed by atoms with van der Waals surface area (Å²) in [6, 6.07) is 4.94. The highest BCUT2D eigenvalue weighted by atomic mass is 16.6. The SMILES string of the molecule is COc1cc(NC(=O)NC[C@@H]2CC=CCC2)ccc1N1CCOC1=O. The summed E-state index contributed by atoms with van der Waals surface area (Å²) in [4.78, 5) is 25.3. The number of rotatable bonds is 5. The molecule has 1 atom stereocenters. The van der Waals surface area contributed by atoms with E-state index in [9.17, 15) is 9.59 Å². The summed E-state index contributed by atoms with van der Waals surface area (Å²) in [5.41, 5.74) is 1.24. The molecule has 0 saturated carbocycles. The second-order valence-electron chi connectivity index (χ2n) is 6.14. The van der Waals surface area contributed by atoms with Gasteiger partial charge in [-0.05, 0) is 37.3 Å². The van der Waals surface area contributed by atoms with Gasteiger partial charge in [0.15, 0.2) is 0 Å². The number of allylic oxidation sites excluding steroid dienone is 2. The van der Waals surface area contributed by atoms with Crippen LogP contribution in [0.1, 0.15) is 19.3 Å². The topological polar surface area (TPSA) is 79.9 Å². The van der Waals surface area contributed by atoms with Crippen molar-refractivity contribution < 1.29 is 19.1 Å². The first-order valence-electron chi connectivity index (χ1n) is 8.49. The lowest BCUT2D eigenvalue weighted by molar-refractivity contribution is 0.181. The summed E-state index contributed by atoms with van der Waals surface area (Å²) in [6.45, 7) is 1.50. The summed E-state index contributed by atoms with van der Waals surface area (Å²) >= 11 is 0. The van der Waals surface area contributed by atoms with Gasteiger partial charge in [0.2, 0.25) is 0 Å². The third-order valence-electron chi connectivity index (χ3n) is 4.42. The third kappa shape index (κ3) is 4.23. The number of hydrogen-bond acceptors (Lipinski definition) is 4. The fourth-order valence-corrected chi connectivity index (χ4v) is 3.04. The highest BCUT2D eigenvalue weighted by molar-refractivity contribution is 5.93. The normalized spacial score (nSPS) is 19.5. The second-order valence-corrected chi connectivity index (χ2v) is 6.14. The second kappa shape index (κ2) is 7.92. The van der Waals surface area contributed by atoms with Crippen LogP contribution < -0.4 is 20.3 Å². The van der Waals surface area contributed by atoms with Crippen LogP contribution in [0.25, 0.3) is 0 Å². The van der Waals surface area contributed by atoms with Crippen LogP contribution in [0.3, 0.4) is 0 Å². The fourth-order valence-electron chi connectivity index (χ4n) is 3.04. The lowest BCUT2D eigenvalue weighted by atomic mass is 9.94. The minimum absolute atomic E-state index is 0.245. The number of ether oxygens (including phenoxy) is 2. The molecular weight excluding hydrogens is 322 g/mol. The molecule has 3 amide bonds. The van der Waals surface area contributed by atoms with Crippen LogP contribution in [0.5, 0.6) is 5.75 Å². The van der Waals surface area contributed by atoms with Gasteiger partial charge in [0, 0.05) is 18.3 Å². The molecule has 2 N–H and O–H groups in total. The van der Waals surface area contributed by atoms with E-state index in [0.29, 0.717) is 42.7 Å². The quantitative estimate of drug-likeness (QED) is 0.804. The number of benzene rings is 1. The molecule has 3 rings (SSSR count). The summed E-state index contributed by atoms with van der Waals surface area (Å²) in [5, 5.41) is 5.71. The lowest BCUT2D eigenvalue weighted by Gasteiger charge is -2.19. The fraction of sp³-hybridized carbons (Fsp3) is 0.444. The van der Waals surface area contributed by atoms with Crippen molar-refractivity contribution >= 4 is 23.5 Å². The minimum atomic E-state index is -0.390. The van der Waals surface area contributed by atoms with Gasteiger partial charge in [-0.3, -0.25) is 4.90 Å². The molecule has 0 aromatic heterocycles. The van der Waals surface area contributed by atoms with Crippen LogP contribution in [0.2, 0.25) is 0 Å². The predicted molar refractivity (Wildman–Crippen MR) is 95.2 cm³/mol. The Labute approximate surface area is 147 Å². The number of anilines is 2. The molecule has 7 heteroatoms. The molecule has 0 radical (unpaired) electrons. The highest BCUT2D eigenvalue weighted by Crippen LogP contribution is 2.32. The van der Waals surface area contributed by atoms with Crippen LogP contribution in [0.4, 0.5) is 21.0 Å². The molecule has 0 unspecified atom stereocenters. The minimum Gasteiger partial charge on any atom is -0.494 e. The molecule has 1 aromatic carbocycles. The van der Waals surface area contributed by atoms with Crippen molar-refractivity contribution in [2.45, 2.75) is 19.3 Å². The van der Waals surface area contributed by atoms with Crippen molar-refractivity contribution in [2.24, 2.45) is 5.92 Å². The summed E-state index contributed by atoms with van der Waals surface area (Å²) in [7, 11) is 1.53. The van der Waals surface area contributed by atoms with Gasteiger partial charge in [-0.2, -0.15) is 0 Å². The molecule has 1 fully saturated rings. The van der Waals surface area contributed by atoms with Crippen molar-refractivity contribution in [3.05, 3.63) is 30.4 Å². The molecule has 1 saturated heterocycles. The Balaban J connectivity index is 1.59. The summed E-state index contributed by atoms with van der Waals surface area (Å²) in [6.07, 6.45) is 7.14. The zero-order chi connectivity index (χ0) is 17.6. The summed E-state index contributed by atoms with van der Waals surface area (Å²) in [5.74, 6) is 1.00. The first-order chi connectivity index (χ1) is 12.2. The Bertz CT molecular complexity index is 674. The third-order valence-corrected chi connectivity index (χ3v) is 4.42. The number of nitrogens with one attached hydrogen (secondary N) is 2. The average molecular weight is 345 g/mol. The van der Waals surface area contributed by atoms with Crippen LogP contribution in [0.15, 0.2) is 30.4 Å². The number of hydrogen-bond donors (Lipinski definition) is 2. The van der Waals surface area contributed by atoms with Crippen molar-refractivity contribution in [3.8, 4) is 5.75 Å². The van der Waals surface area contributed by atoms with Crippen LogP contribution >= 0.6 is 0 Å². The Hall–Kier alpha value is -2.70. The van der Waals surface area contributed by atoms with Crippen molar-refractivity contribution in [1.29, 1.82) is 0 Å². The van der Waals surface area contributed by atoms with Gasteiger partial charge in [-0.1, -0.05) is 12.2 Å². The van der Waals surface area contributed by atoms with E-state index in [1.54, 1.807) is 18.2 Å². The number of nitrogens with zero attached hydrogens (tertiary/aromatic N) is 1. The van der Waals surface area contributed by atoms with Gasteiger partial charge in [-0.15, -0.1) is 0 Å². The van der Waals surface area contributed by atoms with Crippen LogP contribution in [-0.2, 0) is 4.74 Å². The Morgan fingerprint density at radius 3 is 2.96 bits per heavy atom. The van der Waals surface area contributed by atoms with E-state index >= 15 is 0 Å². The van der Waals surface area contributed by atoms with E-state index in [0.717, 1.165) is 19.3 Å². The molecule has 0 bridgehead atoms. The smallest absolute Gasteiger partial charge is 0.414 e. The zero-order valence-electron chi connectivity index (χ0n) is 14.3. The molecule has 1 heterocycles. The van der Waals surface area contributed by atoms with Crippen molar-refractivity contribution in [1.82, 2.24) is 5.32 Å². The molecule has 7 nitrogen and oxygen atoms in total. The maximum absolute atomic E-state index is 12.1. The first kappa shape index (κ1) is 17.1. The number of carbonyl (C=O) groups excluding carboxylic acids is 2. The molecule has 1 aliphatic heterocycles. The van der Waals surface area contributed by atoms with E-state index in [1.165, 1.54) is 12.0 Å². The predicted octanol–water partition coefficient (Wildman–Crippen LogP) is 3.13. The number of amides is 3. The van der Waals surface area contributed by atoms with Gasteiger partial charge >= 0.3 is 12.1 Å². The maximum atomic E-state index is 12.1. The molecular formula is C18H23N3O4. The van der Waals surface area contributed by atoms with Gasteiger partial charge in [-0.25, -0.2) is 9.59 Å². The molecule has 1 aromatic rings. The number of urea groups is 1. The molecule has 2 aliphatic rings. The number of cyclic esters (lactones) is 1. The van der Waals surface area contributed by atoms with Crippen LogP contribution in [-0.4, -0.2) is 38.9 Å². The van der Waals surface area contributed by atoms with E-state index in [2.05, 4.69) is 22.8 Å². The van der Waals surface area contributed by atoms with E-state index in [1.807, 2.05) is 0 Å². The van der Waals surface area contributed by atoms with Gasteiger partial charge in [0.1, 0.15) is 12.4 Å². The zero-order valence-corrected chi connectivity index (χ0v) is 14.3. The van der Waals surface area contributed by atoms with E-state index in [-0.39, 0.29) is 6.03 Å². The Morgan fingerprint density at radius 1 is 1.40 bits per heavy atom. The lowest BCUT2D eigenvalue weighted by Crippen LogP contribution is -2.33. The average Bonchev–Trinajstić information content (AvgIpc) is 3.06. The first-order valence-corrected chi connectivity index (χ1v) is 8.49. The highest BCUT2D eigenvalue weighted by Gasteiger charge is 2.26. The Morgan fingerprint density at radius 2 is 2.28 bits per heavy atom. The van der Waals surface area contributed by atoms with Gasteiger partial charge in [0.25, 0.3) is 0 Å². The molecule has 0 spiro atoms. The van der Waals surface area contributed by atoms with E-state index in [4.69, 9.17) is 9.47 Å². The Kier molecular flexibility index (Phi) is 5.42. The number of carbonyl (C=O) groups is 2. The maximum Gasteiger partial charge on any atom is 0.414 e. The standard InChI is InChI=1S/C18H23N3O4/c1-24-16-11-14(7-8-15(16)21-9-10-25-18(21)23)20-17(22)19-12-13-5-3-2-4-6-13/h2-3,7-8,11,13H,4-6,9-10,12H2,1H3,(H2,19,20,22)/t13-/m1/s1. The van der Waals surface area contributed by atoms with Gasteiger partial charge in [0.05, 0.1) is 19.3 Å². The monoisotopic (exact) mass is 345 g/mol. The number of methoxy groups -OCH3 is 1. The summed E-state index contributed by atoms with van der Waals surface area (Å²) < 4.78 is 10.3. The van der Waals surface area contributed by atoms with E-state index < -0.39 is 6.09 Å². The molecule has 134 valence electrons. The largest absolute Gasteiger partial charge is 0.494 e. The molecule has 1 aliphatic carbocycles. The van der Waals surface area contributed by atoms with Gasteiger partial charge < -0.3 is 20.1 Å². The van der Waals surface area contributed by atoms with Crippen molar-refractivity contribution in [3.63, 3.8) is 0 Å². The van der Waals surface area contributed by atoms with Crippen LogP contribution in [0, 0.1) is 5.92 Å². The molecule has 25 heavy (non-hydrogen) atoms.